The van der Waals surface area contributed by atoms with Crippen LogP contribution in [-0.4, -0.2) is 27.4 Å². The van der Waals surface area contributed by atoms with Gasteiger partial charge < -0.3 is 11.1 Å². The first kappa shape index (κ1) is 18.6. The van der Waals surface area contributed by atoms with E-state index in [0.29, 0.717) is 0 Å². The molecule has 3 rings (SSSR count). The van der Waals surface area contributed by atoms with Crippen LogP contribution in [0.25, 0.3) is 10.9 Å². The van der Waals surface area contributed by atoms with E-state index in [4.69, 9.17) is 5.73 Å². The molecule has 1 unspecified atom stereocenters. The van der Waals surface area contributed by atoms with Crippen molar-refractivity contribution in [2.75, 3.05) is 5.32 Å². The molecule has 0 spiro atoms. The molecule has 0 fully saturated rings. The Balaban J connectivity index is 1.72. The number of hydrogen-bond donors (Lipinski definition) is 4. The van der Waals surface area contributed by atoms with Crippen LogP contribution in [0.4, 0.5) is 23.8 Å². The summed E-state index contributed by atoms with van der Waals surface area (Å²) < 4.78 is 38.4. The molecule has 1 aromatic carbocycles. The van der Waals surface area contributed by atoms with Crippen molar-refractivity contribution in [3.8, 4) is 0 Å². The van der Waals surface area contributed by atoms with Crippen LogP contribution < -0.4 is 16.4 Å². The largest absolute Gasteiger partial charge is 0.409 e. The second kappa shape index (κ2) is 7.23. The van der Waals surface area contributed by atoms with Crippen LogP contribution in [0, 0.1) is 0 Å². The zero-order valence-electron chi connectivity index (χ0n) is 14.2. The number of rotatable bonds is 4. The highest BCUT2D eigenvalue weighted by molar-refractivity contribution is 5.91. The minimum absolute atomic E-state index is 0.142. The summed E-state index contributed by atoms with van der Waals surface area (Å²) in [6.45, 7) is 1.82. The smallest absolute Gasteiger partial charge is 0.331 e. The summed E-state index contributed by atoms with van der Waals surface area (Å²) in [5.74, 6) is 0.163. The van der Waals surface area contributed by atoms with E-state index < -0.39 is 18.2 Å². The molecule has 10 heteroatoms. The predicted octanol–water partition coefficient (Wildman–Crippen LogP) is 3.40. The Bertz CT molecular complexity index is 941. The topological polar surface area (TPSA) is 109 Å². The summed E-state index contributed by atoms with van der Waals surface area (Å²) in [6, 6.07) is 7.80. The fourth-order valence-corrected chi connectivity index (χ4v) is 2.57. The second-order valence-corrected chi connectivity index (χ2v) is 5.97. The van der Waals surface area contributed by atoms with Crippen LogP contribution in [0.15, 0.2) is 42.6 Å². The number of pyridine rings is 1. The number of carbonyl (C=O) groups is 1. The maximum absolute atomic E-state index is 12.8. The number of hydrogen-bond acceptors (Lipinski definition) is 4. The van der Waals surface area contributed by atoms with Crippen LogP contribution in [0.5, 0.6) is 0 Å². The van der Waals surface area contributed by atoms with Gasteiger partial charge in [0.2, 0.25) is 0 Å². The Hall–Kier alpha value is -3.14. The zero-order chi connectivity index (χ0) is 19.6. The Kier molecular flexibility index (Phi) is 5.00. The summed E-state index contributed by atoms with van der Waals surface area (Å²) in [5.41, 5.74) is 6.06. The number of nitrogens with one attached hydrogen (secondary N) is 3. The van der Waals surface area contributed by atoms with Crippen molar-refractivity contribution < 1.29 is 18.0 Å². The number of alkyl halides is 3. The van der Waals surface area contributed by atoms with E-state index in [0.717, 1.165) is 5.56 Å². The molecule has 0 saturated carbocycles. The molecule has 2 aromatic heterocycles. The normalized spacial score (nSPS) is 14.0. The average molecular weight is 378 g/mol. The molecule has 0 aliphatic rings. The van der Waals surface area contributed by atoms with Gasteiger partial charge in [-0.15, -0.1) is 0 Å². The number of nitrogens with two attached hydrogens (primary N) is 1. The Morgan fingerprint density at radius 2 is 1.96 bits per heavy atom. The molecule has 2 amide bonds. The number of anilines is 1. The lowest BCUT2D eigenvalue weighted by atomic mass is 10.1. The van der Waals surface area contributed by atoms with Gasteiger partial charge in [-0.3, -0.25) is 10.4 Å². The van der Waals surface area contributed by atoms with Gasteiger partial charge in [-0.1, -0.05) is 30.3 Å². The van der Waals surface area contributed by atoms with Gasteiger partial charge in [0, 0.05) is 17.6 Å². The molecular formula is C17H17F3N6O. The van der Waals surface area contributed by atoms with E-state index in [-0.39, 0.29) is 28.5 Å². The van der Waals surface area contributed by atoms with Crippen molar-refractivity contribution in [2.45, 2.75) is 25.2 Å². The van der Waals surface area contributed by atoms with Gasteiger partial charge in [-0.25, -0.2) is 9.78 Å². The highest BCUT2D eigenvalue weighted by atomic mass is 19.4. The summed E-state index contributed by atoms with van der Waals surface area (Å²) in [6.07, 6.45) is -3.43. The molecule has 7 nitrogen and oxygen atoms in total. The number of fused-ring (bicyclic) bond motifs is 1. The quantitative estimate of drug-likeness (QED) is 0.558. The zero-order valence-corrected chi connectivity index (χ0v) is 14.2. The van der Waals surface area contributed by atoms with Gasteiger partial charge in [0.05, 0.1) is 17.3 Å². The van der Waals surface area contributed by atoms with Gasteiger partial charge in [0.1, 0.15) is 11.9 Å². The highest BCUT2D eigenvalue weighted by Crippen LogP contribution is 2.33. The Morgan fingerprint density at radius 3 is 2.63 bits per heavy atom. The molecule has 5 N–H and O–H groups in total. The number of benzene rings is 1. The van der Waals surface area contributed by atoms with Crippen molar-refractivity contribution in [1.82, 2.24) is 20.5 Å². The molecule has 142 valence electrons. The van der Waals surface area contributed by atoms with Crippen molar-refractivity contribution in [1.29, 1.82) is 0 Å². The van der Waals surface area contributed by atoms with Gasteiger partial charge in [-0.05, 0) is 12.5 Å². The summed E-state index contributed by atoms with van der Waals surface area (Å²) in [4.78, 5) is 16.1. The van der Waals surface area contributed by atoms with E-state index in [2.05, 4.69) is 25.8 Å². The van der Waals surface area contributed by atoms with Gasteiger partial charge in [-0.2, -0.15) is 18.3 Å². The molecule has 0 saturated heterocycles. The maximum atomic E-state index is 12.8. The summed E-state index contributed by atoms with van der Waals surface area (Å²) in [5, 5.41) is 11.5. The molecule has 0 radical (unpaired) electrons. The average Bonchev–Trinajstić information content (AvgIpc) is 3.03. The van der Waals surface area contributed by atoms with E-state index in [1.165, 1.54) is 12.3 Å². The second-order valence-electron chi connectivity index (χ2n) is 5.97. The molecule has 0 bridgehead atoms. The first-order valence-corrected chi connectivity index (χ1v) is 8.04. The third kappa shape index (κ3) is 4.17. The lowest BCUT2D eigenvalue weighted by Crippen LogP contribution is -2.31. The van der Waals surface area contributed by atoms with Gasteiger partial charge >= 0.3 is 12.2 Å². The van der Waals surface area contributed by atoms with E-state index in [1.807, 2.05) is 37.3 Å². The standard InChI is InChI=1S/C17H17F3N6O/c1-9(10-5-3-2-4-6-10)23-16(27)24-13-7-12-11(8-22-13)14(26-25-12)15(21)17(18,19)20/h2-9,15H,21H2,1H3,(H,25,26)(H2,22,23,24,27)/t9-,15?/m1/s1. The molecule has 0 aliphatic heterocycles. The summed E-state index contributed by atoms with van der Waals surface area (Å²) >= 11 is 0. The monoisotopic (exact) mass is 378 g/mol. The van der Waals surface area contributed by atoms with E-state index >= 15 is 0 Å². The van der Waals surface area contributed by atoms with Crippen molar-refractivity contribution in [3.63, 3.8) is 0 Å². The van der Waals surface area contributed by atoms with Crippen LogP contribution in [0.3, 0.4) is 0 Å². The van der Waals surface area contributed by atoms with Crippen LogP contribution in [0.2, 0.25) is 0 Å². The number of halogens is 3. The maximum Gasteiger partial charge on any atom is 0.409 e. The lowest BCUT2D eigenvalue weighted by Gasteiger charge is -2.15. The van der Waals surface area contributed by atoms with Gasteiger partial charge in [0.25, 0.3) is 0 Å². The van der Waals surface area contributed by atoms with Crippen molar-refractivity contribution in [3.05, 3.63) is 53.9 Å². The van der Waals surface area contributed by atoms with Crippen LogP contribution in [-0.2, 0) is 0 Å². The van der Waals surface area contributed by atoms with Gasteiger partial charge in [0.15, 0.2) is 0 Å². The third-order valence-electron chi connectivity index (χ3n) is 4.01. The van der Waals surface area contributed by atoms with Crippen LogP contribution in [0.1, 0.15) is 30.3 Å². The van der Waals surface area contributed by atoms with E-state index in [9.17, 15) is 18.0 Å². The lowest BCUT2D eigenvalue weighted by molar-refractivity contribution is -0.149. The summed E-state index contributed by atoms with van der Waals surface area (Å²) in [7, 11) is 0. The minimum atomic E-state index is -4.62. The molecular weight excluding hydrogens is 361 g/mol. The van der Waals surface area contributed by atoms with Crippen molar-refractivity contribution >= 4 is 22.8 Å². The number of carbonyl (C=O) groups excluding carboxylic acids is 1. The van der Waals surface area contributed by atoms with Crippen LogP contribution >= 0.6 is 0 Å². The highest BCUT2D eigenvalue weighted by Gasteiger charge is 2.40. The fraction of sp³-hybridized carbons (Fsp3) is 0.235. The Labute approximate surface area is 152 Å². The first-order chi connectivity index (χ1) is 12.8. The third-order valence-corrected chi connectivity index (χ3v) is 4.01. The molecule has 27 heavy (non-hydrogen) atoms. The van der Waals surface area contributed by atoms with E-state index in [1.54, 1.807) is 0 Å². The number of nitrogens with zero attached hydrogens (tertiary/aromatic N) is 2. The number of urea groups is 1. The predicted molar refractivity (Wildman–Crippen MR) is 93.9 cm³/mol. The Morgan fingerprint density at radius 1 is 1.26 bits per heavy atom. The molecule has 0 aliphatic carbocycles. The number of aromatic nitrogens is 3. The van der Waals surface area contributed by atoms with Crippen molar-refractivity contribution in [2.24, 2.45) is 5.73 Å². The SMILES string of the molecule is C[C@@H](NC(=O)Nc1cc2[nH]nc(C(N)C(F)(F)F)c2cn1)c1ccccc1. The number of amides is 2. The molecule has 3 aromatic rings. The minimum Gasteiger partial charge on any atom is -0.331 e. The number of aromatic amines is 1. The number of H-pyrrole nitrogens is 1. The first-order valence-electron chi connectivity index (χ1n) is 8.04. The molecule has 2 heterocycles. The molecule has 2 atom stereocenters. The fourth-order valence-electron chi connectivity index (χ4n) is 2.57.